The van der Waals surface area contributed by atoms with Crippen molar-refractivity contribution in [2.24, 2.45) is 0 Å². The summed E-state index contributed by atoms with van der Waals surface area (Å²) in [4.78, 5) is 18.6. The fourth-order valence-electron chi connectivity index (χ4n) is 2.51. The number of carbonyl (C=O) groups is 1. The van der Waals surface area contributed by atoms with Gasteiger partial charge in [-0.15, -0.1) is 0 Å². The Morgan fingerprint density at radius 2 is 1.69 bits per heavy atom. The minimum absolute atomic E-state index is 0.00824. The van der Waals surface area contributed by atoms with Gasteiger partial charge in [0.1, 0.15) is 5.75 Å². The first kappa shape index (κ1) is 20.1. The maximum Gasteiger partial charge on any atom is 0.246 e. The second-order valence-electron chi connectivity index (χ2n) is 6.36. The van der Waals surface area contributed by atoms with Gasteiger partial charge in [-0.3, -0.25) is 4.79 Å². The number of hydrogen-bond acceptors (Lipinski definition) is 4. The molecule has 0 aliphatic carbocycles. The largest absolute Gasteiger partial charge is 0.497 e. The maximum atomic E-state index is 12.8. The number of benzene rings is 2. The Labute approximate surface area is 160 Å². The first-order chi connectivity index (χ1) is 12.4. The summed E-state index contributed by atoms with van der Waals surface area (Å²) in [5.41, 5.74) is 1.77. The summed E-state index contributed by atoms with van der Waals surface area (Å²) in [7, 11) is 7.44. The molecule has 0 N–H and O–H groups in total. The van der Waals surface area contributed by atoms with Crippen LogP contribution in [0.1, 0.15) is 0 Å². The van der Waals surface area contributed by atoms with Crippen molar-refractivity contribution in [3.05, 3.63) is 53.6 Å². The molecule has 0 aliphatic rings. The van der Waals surface area contributed by atoms with E-state index in [2.05, 4.69) is 4.90 Å². The average molecular weight is 376 g/mol. The quantitative estimate of drug-likeness (QED) is 0.708. The Bertz CT molecular complexity index is 719. The number of hydrogen-bond donors (Lipinski definition) is 0. The number of carbonyl (C=O) groups excluding carboxylic acids is 1. The average Bonchev–Trinajstić information content (AvgIpc) is 2.64. The van der Waals surface area contributed by atoms with E-state index in [1.807, 2.05) is 67.5 Å². The minimum Gasteiger partial charge on any atom is -0.497 e. The standard InChI is InChI=1S/C20H26ClN3O2/c1-22(2)12-13-24(18-7-5-6-16(21)14-18)15-20(25)23(3)17-8-10-19(26-4)11-9-17/h5-11,14H,12-13,15H2,1-4H3. The smallest absolute Gasteiger partial charge is 0.246 e. The van der Waals surface area contributed by atoms with Crippen LogP contribution in [0.3, 0.4) is 0 Å². The van der Waals surface area contributed by atoms with Crippen molar-refractivity contribution in [2.45, 2.75) is 0 Å². The van der Waals surface area contributed by atoms with Crippen molar-refractivity contribution < 1.29 is 9.53 Å². The molecule has 0 spiro atoms. The van der Waals surface area contributed by atoms with Crippen LogP contribution in [0.2, 0.25) is 5.02 Å². The number of rotatable bonds is 8. The van der Waals surface area contributed by atoms with E-state index in [4.69, 9.17) is 16.3 Å². The molecule has 2 aromatic rings. The maximum absolute atomic E-state index is 12.8. The van der Waals surface area contributed by atoms with E-state index in [9.17, 15) is 4.79 Å². The second kappa shape index (κ2) is 9.46. The highest BCUT2D eigenvalue weighted by atomic mass is 35.5. The first-order valence-electron chi connectivity index (χ1n) is 8.46. The fourth-order valence-corrected chi connectivity index (χ4v) is 2.70. The van der Waals surface area contributed by atoms with Gasteiger partial charge in [0.15, 0.2) is 0 Å². The number of amides is 1. The fraction of sp³-hybridized carbons (Fsp3) is 0.350. The molecular formula is C20H26ClN3O2. The predicted molar refractivity (Wildman–Crippen MR) is 109 cm³/mol. The van der Waals surface area contributed by atoms with Crippen molar-refractivity contribution >= 4 is 28.9 Å². The van der Waals surface area contributed by atoms with Gasteiger partial charge >= 0.3 is 0 Å². The van der Waals surface area contributed by atoms with Crippen LogP contribution in [0.4, 0.5) is 11.4 Å². The molecule has 0 saturated heterocycles. The predicted octanol–water partition coefficient (Wildman–Crippen LogP) is 3.38. The third kappa shape index (κ3) is 5.64. The number of anilines is 2. The third-order valence-electron chi connectivity index (χ3n) is 4.15. The molecule has 1 amide bonds. The molecule has 0 bridgehead atoms. The van der Waals surface area contributed by atoms with Crippen LogP contribution in [-0.4, -0.2) is 58.7 Å². The summed E-state index contributed by atoms with van der Waals surface area (Å²) in [5.74, 6) is 0.773. The molecule has 0 saturated carbocycles. The lowest BCUT2D eigenvalue weighted by Gasteiger charge is -2.28. The Morgan fingerprint density at radius 3 is 2.27 bits per heavy atom. The lowest BCUT2D eigenvalue weighted by atomic mass is 10.2. The number of nitrogens with zero attached hydrogens (tertiary/aromatic N) is 3. The summed E-state index contributed by atoms with van der Waals surface area (Å²) in [5, 5.41) is 0.660. The zero-order valence-electron chi connectivity index (χ0n) is 15.8. The lowest BCUT2D eigenvalue weighted by Crippen LogP contribution is -2.41. The Balaban J connectivity index is 2.13. The third-order valence-corrected chi connectivity index (χ3v) is 4.39. The number of likely N-dealkylation sites (N-methyl/N-ethyl adjacent to an activating group) is 2. The van der Waals surface area contributed by atoms with Crippen LogP contribution in [-0.2, 0) is 4.79 Å². The molecule has 0 fully saturated rings. The highest BCUT2D eigenvalue weighted by Gasteiger charge is 2.17. The van der Waals surface area contributed by atoms with Gasteiger partial charge in [-0.25, -0.2) is 0 Å². The molecule has 2 aromatic carbocycles. The Morgan fingerprint density at radius 1 is 1.00 bits per heavy atom. The lowest BCUT2D eigenvalue weighted by molar-refractivity contribution is -0.117. The molecular weight excluding hydrogens is 350 g/mol. The van der Waals surface area contributed by atoms with Crippen LogP contribution < -0.4 is 14.5 Å². The van der Waals surface area contributed by atoms with Gasteiger partial charge in [-0.1, -0.05) is 17.7 Å². The topological polar surface area (TPSA) is 36.0 Å². The van der Waals surface area contributed by atoms with E-state index in [-0.39, 0.29) is 12.5 Å². The molecule has 0 atom stereocenters. The summed E-state index contributed by atoms with van der Waals surface area (Å²) < 4.78 is 5.17. The number of methoxy groups -OCH3 is 1. The van der Waals surface area contributed by atoms with Gasteiger partial charge < -0.3 is 19.4 Å². The summed E-state index contributed by atoms with van der Waals surface area (Å²) in [6.07, 6.45) is 0. The van der Waals surface area contributed by atoms with Crippen LogP contribution >= 0.6 is 11.6 Å². The second-order valence-corrected chi connectivity index (χ2v) is 6.79. The first-order valence-corrected chi connectivity index (χ1v) is 8.84. The molecule has 0 unspecified atom stereocenters. The van der Waals surface area contributed by atoms with Gasteiger partial charge in [-0.2, -0.15) is 0 Å². The molecule has 140 valence electrons. The minimum atomic E-state index is 0.00824. The van der Waals surface area contributed by atoms with Crippen LogP contribution in [0.5, 0.6) is 5.75 Å². The molecule has 6 heteroatoms. The molecule has 2 rings (SSSR count). The molecule has 5 nitrogen and oxygen atoms in total. The highest BCUT2D eigenvalue weighted by Crippen LogP contribution is 2.21. The van der Waals surface area contributed by atoms with E-state index in [1.165, 1.54) is 0 Å². The zero-order chi connectivity index (χ0) is 19.1. The molecule has 0 radical (unpaired) electrons. The highest BCUT2D eigenvalue weighted by molar-refractivity contribution is 6.30. The van der Waals surface area contributed by atoms with Gasteiger partial charge in [0, 0.05) is 36.5 Å². The van der Waals surface area contributed by atoms with Crippen LogP contribution in [0.15, 0.2) is 48.5 Å². The van der Waals surface area contributed by atoms with E-state index in [1.54, 1.807) is 19.1 Å². The number of halogens is 1. The molecule has 0 aliphatic heterocycles. The van der Waals surface area contributed by atoms with Crippen molar-refractivity contribution in [3.63, 3.8) is 0 Å². The Hall–Kier alpha value is -2.24. The van der Waals surface area contributed by atoms with Gasteiger partial charge in [-0.05, 0) is 56.6 Å². The van der Waals surface area contributed by atoms with E-state index < -0.39 is 0 Å². The van der Waals surface area contributed by atoms with Crippen molar-refractivity contribution in [2.75, 3.05) is 57.7 Å². The number of ether oxygens (including phenoxy) is 1. The van der Waals surface area contributed by atoms with E-state index in [0.717, 1.165) is 30.2 Å². The molecule has 0 heterocycles. The monoisotopic (exact) mass is 375 g/mol. The van der Waals surface area contributed by atoms with Gasteiger partial charge in [0.25, 0.3) is 0 Å². The normalized spacial score (nSPS) is 10.7. The van der Waals surface area contributed by atoms with Gasteiger partial charge in [0.05, 0.1) is 13.7 Å². The van der Waals surface area contributed by atoms with Gasteiger partial charge in [0.2, 0.25) is 5.91 Å². The summed E-state index contributed by atoms with van der Waals surface area (Å²) in [6, 6.07) is 15.0. The summed E-state index contributed by atoms with van der Waals surface area (Å²) >= 11 is 6.13. The summed E-state index contributed by atoms with van der Waals surface area (Å²) in [6.45, 7) is 1.85. The van der Waals surface area contributed by atoms with Crippen molar-refractivity contribution in [1.82, 2.24) is 4.90 Å². The Kier molecular flexibility index (Phi) is 7.30. The molecule has 0 aromatic heterocycles. The van der Waals surface area contributed by atoms with E-state index >= 15 is 0 Å². The van der Waals surface area contributed by atoms with E-state index in [0.29, 0.717) is 5.02 Å². The van der Waals surface area contributed by atoms with Crippen molar-refractivity contribution in [3.8, 4) is 5.75 Å². The molecule has 26 heavy (non-hydrogen) atoms. The van der Waals surface area contributed by atoms with Crippen LogP contribution in [0.25, 0.3) is 0 Å². The zero-order valence-corrected chi connectivity index (χ0v) is 16.5. The van der Waals surface area contributed by atoms with Crippen LogP contribution in [0, 0.1) is 0 Å². The SMILES string of the molecule is COc1ccc(N(C)C(=O)CN(CCN(C)C)c2cccc(Cl)c2)cc1. The van der Waals surface area contributed by atoms with Crippen molar-refractivity contribution in [1.29, 1.82) is 0 Å².